The average molecular weight is 405 g/mol. The lowest BCUT2D eigenvalue weighted by Crippen LogP contribution is -2.50. The standard InChI is InChI=1S/C13H13BrN2O4S2/c14-11-3-4-12(21-11)22(18,19)16-7-5-15(6-8-16)13(17)10-2-1-9-20-10/h1-4,9H,5-8H2. The first-order chi connectivity index (χ1) is 10.5. The van der Waals surface area contributed by atoms with E-state index in [0.717, 1.165) is 3.79 Å². The number of thiophene rings is 1. The van der Waals surface area contributed by atoms with Gasteiger partial charge in [-0.15, -0.1) is 11.3 Å². The second kappa shape index (κ2) is 6.15. The second-order valence-electron chi connectivity index (χ2n) is 4.73. The summed E-state index contributed by atoms with van der Waals surface area (Å²) in [5, 5.41) is 0. The molecule has 2 aromatic rings. The molecule has 118 valence electrons. The van der Waals surface area contributed by atoms with E-state index in [0.29, 0.717) is 17.3 Å². The van der Waals surface area contributed by atoms with Crippen molar-refractivity contribution in [2.75, 3.05) is 26.2 Å². The van der Waals surface area contributed by atoms with Gasteiger partial charge in [0.25, 0.3) is 15.9 Å². The van der Waals surface area contributed by atoms with Crippen molar-refractivity contribution in [1.29, 1.82) is 0 Å². The molecule has 22 heavy (non-hydrogen) atoms. The molecule has 3 rings (SSSR count). The summed E-state index contributed by atoms with van der Waals surface area (Å²) in [7, 11) is -3.48. The maximum absolute atomic E-state index is 12.5. The lowest BCUT2D eigenvalue weighted by molar-refractivity contribution is 0.0666. The molecule has 0 spiro atoms. The number of sulfonamides is 1. The van der Waals surface area contributed by atoms with Crippen LogP contribution in [0.3, 0.4) is 0 Å². The Balaban J connectivity index is 1.68. The molecule has 9 heteroatoms. The number of furan rings is 1. The van der Waals surface area contributed by atoms with E-state index in [9.17, 15) is 13.2 Å². The molecule has 0 atom stereocenters. The van der Waals surface area contributed by atoms with Crippen LogP contribution in [-0.2, 0) is 10.0 Å². The highest BCUT2D eigenvalue weighted by molar-refractivity contribution is 9.11. The minimum atomic E-state index is -3.48. The first kappa shape index (κ1) is 15.7. The fourth-order valence-electron chi connectivity index (χ4n) is 2.25. The van der Waals surface area contributed by atoms with Crippen LogP contribution in [0, 0.1) is 0 Å². The van der Waals surface area contributed by atoms with Gasteiger partial charge in [0, 0.05) is 26.2 Å². The number of halogens is 1. The van der Waals surface area contributed by atoms with Crippen molar-refractivity contribution in [1.82, 2.24) is 9.21 Å². The predicted octanol–water partition coefficient (Wildman–Crippen LogP) is 2.25. The van der Waals surface area contributed by atoms with Crippen LogP contribution in [0.25, 0.3) is 0 Å². The number of rotatable bonds is 3. The lowest BCUT2D eigenvalue weighted by Gasteiger charge is -2.33. The van der Waals surface area contributed by atoms with Crippen molar-refractivity contribution in [2.24, 2.45) is 0 Å². The topological polar surface area (TPSA) is 70.8 Å². The summed E-state index contributed by atoms with van der Waals surface area (Å²) in [6.07, 6.45) is 1.45. The molecular formula is C13H13BrN2O4S2. The molecule has 1 amide bonds. The molecule has 1 saturated heterocycles. The molecule has 1 aliphatic rings. The Hall–Kier alpha value is -1.16. The number of hydrogen-bond acceptors (Lipinski definition) is 5. The van der Waals surface area contributed by atoms with Crippen LogP contribution in [0.5, 0.6) is 0 Å². The van der Waals surface area contributed by atoms with Crippen LogP contribution in [-0.4, -0.2) is 49.7 Å². The van der Waals surface area contributed by atoms with Crippen LogP contribution in [0.1, 0.15) is 10.6 Å². The summed E-state index contributed by atoms with van der Waals surface area (Å²) in [4.78, 5) is 13.8. The smallest absolute Gasteiger partial charge is 0.289 e. The summed E-state index contributed by atoms with van der Waals surface area (Å²) < 4.78 is 32.6. The number of piperazine rings is 1. The Morgan fingerprint density at radius 3 is 2.45 bits per heavy atom. The van der Waals surface area contributed by atoms with E-state index in [4.69, 9.17) is 4.42 Å². The molecule has 1 aliphatic heterocycles. The summed E-state index contributed by atoms with van der Waals surface area (Å²) in [6, 6.07) is 6.57. The van der Waals surface area contributed by atoms with Crippen LogP contribution in [0.4, 0.5) is 0 Å². The molecule has 0 saturated carbocycles. The van der Waals surface area contributed by atoms with E-state index in [1.54, 1.807) is 29.2 Å². The molecule has 0 aromatic carbocycles. The van der Waals surface area contributed by atoms with Crippen molar-refractivity contribution in [3.63, 3.8) is 0 Å². The van der Waals surface area contributed by atoms with Gasteiger partial charge in [-0.05, 0) is 40.2 Å². The Morgan fingerprint density at radius 2 is 1.91 bits per heavy atom. The van der Waals surface area contributed by atoms with Gasteiger partial charge in [-0.3, -0.25) is 4.79 Å². The number of carbonyl (C=O) groups excluding carboxylic acids is 1. The van der Waals surface area contributed by atoms with Crippen LogP contribution < -0.4 is 0 Å². The minimum Gasteiger partial charge on any atom is -0.459 e. The van der Waals surface area contributed by atoms with E-state index in [1.807, 2.05) is 0 Å². The maximum atomic E-state index is 12.5. The third-order valence-corrected chi connectivity index (χ3v) is 7.39. The van der Waals surface area contributed by atoms with E-state index >= 15 is 0 Å². The van der Waals surface area contributed by atoms with Crippen LogP contribution in [0.2, 0.25) is 0 Å². The van der Waals surface area contributed by atoms with Crippen LogP contribution >= 0.6 is 27.3 Å². The predicted molar refractivity (Wildman–Crippen MR) is 85.4 cm³/mol. The number of carbonyl (C=O) groups is 1. The van der Waals surface area contributed by atoms with Crippen molar-refractivity contribution < 1.29 is 17.6 Å². The summed E-state index contributed by atoms with van der Waals surface area (Å²) in [6.45, 7) is 1.27. The highest BCUT2D eigenvalue weighted by Gasteiger charge is 2.31. The molecule has 2 aromatic heterocycles. The van der Waals surface area contributed by atoms with Crippen molar-refractivity contribution >= 4 is 43.2 Å². The number of nitrogens with zero attached hydrogens (tertiary/aromatic N) is 2. The first-order valence-corrected chi connectivity index (χ1v) is 9.62. The quantitative estimate of drug-likeness (QED) is 0.786. The molecule has 0 N–H and O–H groups in total. The summed E-state index contributed by atoms with van der Waals surface area (Å²) in [5.74, 6) is 0.0689. The average Bonchev–Trinajstić information content (AvgIpc) is 3.18. The maximum Gasteiger partial charge on any atom is 0.289 e. The van der Waals surface area contributed by atoms with Crippen molar-refractivity contribution in [2.45, 2.75) is 4.21 Å². The molecule has 1 fully saturated rings. The Kier molecular flexibility index (Phi) is 4.40. The molecule has 0 unspecified atom stereocenters. The van der Waals surface area contributed by atoms with Gasteiger partial charge in [0.05, 0.1) is 10.0 Å². The largest absolute Gasteiger partial charge is 0.459 e. The summed E-state index contributed by atoms with van der Waals surface area (Å²) in [5.41, 5.74) is 0. The lowest BCUT2D eigenvalue weighted by atomic mass is 10.3. The molecular weight excluding hydrogens is 392 g/mol. The molecule has 3 heterocycles. The Bertz CT molecular complexity index is 762. The monoisotopic (exact) mass is 404 g/mol. The zero-order valence-corrected chi connectivity index (χ0v) is 14.7. The fraction of sp³-hybridized carbons (Fsp3) is 0.308. The van der Waals surface area contributed by atoms with Gasteiger partial charge in [0.15, 0.2) is 5.76 Å². The van der Waals surface area contributed by atoms with Gasteiger partial charge in [-0.2, -0.15) is 4.31 Å². The van der Waals surface area contributed by atoms with Crippen LogP contribution in [0.15, 0.2) is 42.9 Å². The molecule has 6 nitrogen and oxygen atoms in total. The minimum absolute atomic E-state index is 0.207. The highest BCUT2D eigenvalue weighted by Crippen LogP contribution is 2.29. The number of hydrogen-bond donors (Lipinski definition) is 0. The van der Waals surface area contributed by atoms with Gasteiger partial charge in [-0.25, -0.2) is 8.42 Å². The number of amides is 1. The molecule has 0 bridgehead atoms. The second-order valence-corrected chi connectivity index (χ2v) is 9.36. The molecule has 0 aliphatic carbocycles. The first-order valence-electron chi connectivity index (χ1n) is 6.57. The SMILES string of the molecule is O=C(c1ccco1)N1CCN(S(=O)(=O)c2ccc(Br)s2)CC1. The third kappa shape index (κ3) is 2.98. The zero-order chi connectivity index (χ0) is 15.7. The molecule has 0 radical (unpaired) electrons. The van der Waals surface area contributed by atoms with Gasteiger partial charge in [0.1, 0.15) is 4.21 Å². The van der Waals surface area contributed by atoms with Gasteiger partial charge in [-0.1, -0.05) is 0 Å². The Morgan fingerprint density at radius 1 is 1.18 bits per heavy atom. The third-order valence-electron chi connectivity index (χ3n) is 3.40. The van der Waals surface area contributed by atoms with E-state index in [2.05, 4.69) is 15.9 Å². The van der Waals surface area contributed by atoms with Gasteiger partial charge >= 0.3 is 0 Å². The highest BCUT2D eigenvalue weighted by atomic mass is 79.9. The van der Waals surface area contributed by atoms with Crippen molar-refractivity contribution in [3.05, 3.63) is 40.1 Å². The van der Waals surface area contributed by atoms with Gasteiger partial charge in [0.2, 0.25) is 0 Å². The van der Waals surface area contributed by atoms with E-state index in [1.165, 1.54) is 21.9 Å². The normalized spacial score (nSPS) is 16.9. The zero-order valence-electron chi connectivity index (χ0n) is 11.4. The van der Waals surface area contributed by atoms with Crippen molar-refractivity contribution in [3.8, 4) is 0 Å². The summed E-state index contributed by atoms with van der Waals surface area (Å²) >= 11 is 4.46. The van der Waals surface area contributed by atoms with Gasteiger partial charge < -0.3 is 9.32 Å². The Labute approximate surface area is 140 Å². The van der Waals surface area contributed by atoms with E-state index in [-0.39, 0.29) is 24.8 Å². The fourth-order valence-corrected chi connectivity index (χ4v) is 5.84. The van der Waals surface area contributed by atoms with E-state index < -0.39 is 10.0 Å².